The van der Waals surface area contributed by atoms with E-state index in [-0.39, 0.29) is 46.7 Å². The first-order chi connectivity index (χ1) is 59.6. The van der Waals surface area contributed by atoms with E-state index in [4.69, 9.17) is 52.4 Å². The minimum atomic E-state index is -0.533. The summed E-state index contributed by atoms with van der Waals surface area (Å²) in [5.74, 6) is 1.02. The van der Waals surface area contributed by atoms with Gasteiger partial charge in [-0.25, -0.2) is 24.1 Å². The molecule has 5 aliphatic rings. The zero-order valence-electron chi connectivity index (χ0n) is 67.4. The van der Waals surface area contributed by atoms with Crippen LogP contribution in [0.3, 0.4) is 0 Å². The van der Waals surface area contributed by atoms with Crippen LogP contribution < -0.4 is 26.6 Å². The van der Waals surface area contributed by atoms with Gasteiger partial charge in [0.2, 0.25) is 0 Å². The number of ether oxygens (including phenoxy) is 2. The number of allylic oxidation sites excluding steroid dienone is 8. The number of fused-ring (bicyclic) bond motifs is 5. The number of aromatic amines is 5. The standard InChI is InChI=1S/C19H19BrN4O2.C18H19BrN4O4.C17H14BrN5.C17H14ClN5.C16H14ClN5O2/c1-3-6-14-16(19(25)26-4-2)15(13-10-22-24-18(13)23-14)12-8-5-7-11(9-21)17(12)20;1-3-6-12-15(18(24)27-4-2)14(11-9-20-22-17(11)21-12)10-7-5-8-13(16(10)19)23(25)26;2*1-3-5-13-16(20-2)14(12-9-21-23-17(12)22-13)11-7-4-6-10(8-19)15(11)18;1-3-5-11-15(18-2)13(10-8-19-21-16(10)20-11)9-6-4-7-12(14(9)17)22(23)24/h5,7-8,10,15H,3-4,6H2,1-2H3,(H2,22,23,24);5,7-9,14H,3-4,6H2,1-2H3,(H2,20,21,22);2*4,6-7,9,14H,3,5H2,1H3,(H2,21,22,23);4,6-8,13H,3,5H2,1H3,(H2,19,20,21). The van der Waals surface area contributed by atoms with Crippen LogP contribution in [0.25, 0.3) is 14.5 Å². The summed E-state index contributed by atoms with van der Waals surface area (Å²) < 4.78 is 12.4. The zero-order chi connectivity index (χ0) is 88.3. The molecule has 0 bridgehead atoms. The monoisotopic (exact) mass is 1880 g/mol. The van der Waals surface area contributed by atoms with Crippen LogP contribution in [0.4, 0.5) is 40.5 Å². The maximum Gasteiger partial charge on any atom is 0.336 e. The van der Waals surface area contributed by atoms with Crippen molar-refractivity contribution in [2.75, 3.05) is 39.8 Å². The van der Waals surface area contributed by atoms with Crippen molar-refractivity contribution >= 4 is 123 Å². The van der Waals surface area contributed by atoms with Crippen molar-refractivity contribution in [3.63, 3.8) is 0 Å². The molecule has 15 rings (SSSR count). The Balaban J connectivity index is 0.000000150. The van der Waals surface area contributed by atoms with E-state index in [1.165, 1.54) is 12.1 Å². The molecule has 0 radical (unpaired) electrons. The van der Waals surface area contributed by atoms with Crippen LogP contribution in [0, 0.1) is 73.9 Å². The van der Waals surface area contributed by atoms with Gasteiger partial charge in [-0.2, -0.15) is 41.3 Å². The average molecular weight is 1890 g/mol. The highest BCUT2D eigenvalue weighted by Crippen LogP contribution is 2.52. The Kier molecular flexibility index (Phi) is 30.6. The number of esters is 2. The van der Waals surface area contributed by atoms with E-state index in [1.807, 2.05) is 44.2 Å². The summed E-state index contributed by atoms with van der Waals surface area (Å²) in [4.78, 5) is 58.5. The van der Waals surface area contributed by atoms with Gasteiger partial charge in [-0.05, 0) is 140 Å². The molecule has 36 heteroatoms. The largest absolute Gasteiger partial charge is 0.463 e. The number of hydrogen-bond acceptors (Lipinski definition) is 21. The molecule has 5 aromatic heterocycles. The lowest BCUT2D eigenvalue weighted by molar-refractivity contribution is -0.385. The van der Waals surface area contributed by atoms with Crippen LogP contribution in [0.5, 0.6) is 0 Å². The fourth-order valence-corrected chi connectivity index (χ4v) is 17.6. The number of nitro benzene ring substituents is 2. The summed E-state index contributed by atoms with van der Waals surface area (Å²) in [5.41, 5.74) is 16.0. The summed E-state index contributed by atoms with van der Waals surface area (Å²) in [6.07, 6.45) is 16.4. The molecule has 5 atom stereocenters. The highest BCUT2D eigenvalue weighted by Gasteiger charge is 2.42. The van der Waals surface area contributed by atoms with Crippen molar-refractivity contribution in [3.8, 4) is 18.2 Å². The molecule has 0 saturated heterocycles. The number of hydrogen-bond donors (Lipinski definition) is 10. The minimum Gasteiger partial charge on any atom is -0.463 e. The first-order valence-corrected chi connectivity index (χ1v) is 42.3. The topological polar surface area (TPSA) is 427 Å². The van der Waals surface area contributed by atoms with E-state index in [0.29, 0.717) is 108 Å². The van der Waals surface area contributed by atoms with Gasteiger partial charge >= 0.3 is 11.9 Å². The van der Waals surface area contributed by atoms with Gasteiger partial charge in [0, 0.05) is 89.2 Å². The summed E-state index contributed by atoms with van der Waals surface area (Å²) in [6, 6.07) is 32.3. The molecule has 626 valence electrons. The lowest BCUT2D eigenvalue weighted by Crippen LogP contribution is -2.25. The van der Waals surface area contributed by atoms with Gasteiger partial charge < -0.3 is 36.1 Å². The number of carbonyl (C=O) groups is 2. The molecule has 5 aromatic carbocycles. The molecule has 0 saturated carbocycles. The maximum atomic E-state index is 12.8. The van der Waals surface area contributed by atoms with E-state index < -0.39 is 27.7 Å². The Bertz CT molecular complexity index is 6020. The van der Waals surface area contributed by atoms with E-state index in [2.05, 4.69) is 179 Å². The normalized spacial score (nSPS) is 16.1. The SMILES string of the molecule is CCCC1=C(C(=O)OCC)C(c2cccc(C#N)c2Br)c2cn[nH]c2N1.CCCC1=C(C(=O)OCC)C(c2cccc([N+](=O)[O-])c2Br)c2cn[nH]c2N1.[C-]#[N+]C1=C(CCC)Nc2[nH]ncc2C1c1cccc(C#N)c1Br.[C-]#[N+]C1=C(CCC)Nc2[nH]ncc2C1c1cccc(C#N)c1Cl.[C-]#[N+]C1=C(CCC)Nc2[nH]ncc2C1c1cccc([N+](=O)[O-])c1Cl. The molecule has 0 fully saturated rings. The van der Waals surface area contributed by atoms with E-state index in [0.717, 1.165) is 140 Å². The molecule has 10 aromatic rings. The number of benzene rings is 5. The van der Waals surface area contributed by atoms with Crippen LogP contribution in [0.15, 0.2) is 192 Å². The summed E-state index contributed by atoms with van der Waals surface area (Å²) >= 11 is 23.2. The predicted octanol–water partition coefficient (Wildman–Crippen LogP) is 21.9. The average Bonchev–Trinajstić information content (AvgIpc) is 1.72. The molecule has 31 nitrogen and oxygen atoms in total. The molecule has 10 N–H and O–H groups in total. The van der Waals surface area contributed by atoms with Gasteiger partial charge in [0.05, 0.1) is 129 Å². The maximum absolute atomic E-state index is 12.8. The van der Waals surface area contributed by atoms with Crippen LogP contribution in [-0.4, -0.2) is 86.0 Å². The number of nitro groups is 2. The highest BCUT2D eigenvalue weighted by atomic mass is 79.9. The molecule has 0 aliphatic carbocycles. The van der Waals surface area contributed by atoms with Crippen LogP contribution >= 0.6 is 71.0 Å². The Labute approximate surface area is 743 Å². The van der Waals surface area contributed by atoms with Crippen molar-refractivity contribution in [1.29, 1.82) is 15.8 Å². The molecular formula is C87H80Br3Cl2N23O8. The fraction of sp³-hybridized carbons (Fsp3) is 0.276. The lowest BCUT2D eigenvalue weighted by atomic mass is 9.81. The summed E-state index contributed by atoms with van der Waals surface area (Å²) in [5, 5.41) is 102. The third-order valence-electron chi connectivity index (χ3n) is 20.5. The van der Waals surface area contributed by atoms with Crippen molar-refractivity contribution in [1.82, 2.24) is 51.0 Å². The Morgan fingerprint density at radius 1 is 0.407 bits per heavy atom. The van der Waals surface area contributed by atoms with Gasteiger partial charge in [-0.1, -0.05) is 151 Å². The Morgan fingerprint density at radius 2 is 0.683 bits per heavy atom. The number of nitrogens with one attached hydrogen (secondary N) is 10. The summed E-state index contributed by atoms with van der Waals surface area (Å²) in [7, 11) is 0. The molecule has 10 heterocycles. The van der Waals surface area contributed by atoms with E-state index in [1.54, 1.807) is 93.4 Å². The van der Waals surface area contributed by atoms with Crippen molar-refractivity contribution < 1.29 is 28.9 Å². The zero-order valence-corrected chi connectivity index (χ0v) is 73.7. The van der Waals surface area contributed by atoms with Gasteiger partial charge in [0.15, 0.2) is 17.1 Å². The van der Waals surface area contributed by atoms with E-state index in [9.17, 15) is 45.6 Å². The van der Waals surface area contributed by atoms with Crippen molar-refractivity contribution in [2.24, 2.45) is 0 Å². The Morgan fingerprint density at radius 3 is 1.01 bits per heavy atom. The quantitative estimate of drug-likeness (QED) is 0.0138. The number of rotatable bonds is 21. The van der Waals surface area contributed by atoms with Gasteiger partial charge in [-0.15, -0.1) is 0 Å². The second-order valence-electron chi connectivity index (χ2n) is 28.0. The fourth-order valence-electron chi connectivity index (χ4n) is 15.3. The van der Waals surface area contributed by atoms with Gasteiger partial charge in [0.1, 0.15) is 52.3 Å². The predicted molar refractivity (Wildman–Crippen MR) is 476 cm³/mol. The van der Waals surface area contributed by atoms with Crippen LogP contribution in [-0.2, 0) is 19.1 Å². The van der Waals surface area contributed by atoms with E-state index >= 15 is 0 Å². The first kappa shape index (κ1) is 90.3. The van der Waals surface area contributed by atoms with Gasteiger partial charge in [-0.3, -0.25) is 45.7 Å². The highest BCUT2D eigenvalue weighted by molar-refractivity contribution is 9.11. The van der Waals surface area contributed by atoms with Crippen LogP contribution in [0.1, 0.15) is 215 Å². The number of nitriles is 3. The minimum absolute atomic E-state index is 0.0542. The lowest BCUT2D eigenvalue weighted by Gasteiger charge is -2.29. The molecular weight excluding hydrogens is 1810 g/mol. The second-order valence-corrected chi connectivity index (χ2v) is 31.2. The van der Waals surface area contributed by atoms with Crippen LogP contribution in [0.2, 0.25) is 10.0 Å². The number of nitrogens with zero attached hydrogens (tertiary/aromatic N) is 13. The second kappa shape index (κ2) is 41.7. The Hall–Kier alpha value is -13.5. The molecule has 5 unspecified atom stereocenters. The molecule has 123 heavy (non-hydrogen) atoms. The number of carbonyl (C=O) groups excluding carboxylic acids is 2. The number of halogens is 5. The third kappa shape index (κ3) is 18.9. The first-order valence-electron chi connectivity index (χ1n) is 39.1. The van der Waals surface area contributed by atoms with Crippen molar-refractivity contribution in [2.45, 2.75) is 142 Å². The van der Waals surface area contributed by atoms with Crippen molar-refractivity contribution in [3.05, 3.63) is 329 Å². The smallest absolute Gasteiger partial charge is 0.336 e. The molecule has 0 amide bonds. The van der Waals surface area contributed by atoms with Gasteiger partial charge in [0.25, 0.3) is 11.4 Å². The number of anilines is 5. The summed E-state index contributed by atoms with van der Waals surface area (Å²) in [6.45, 7) is 37.2. The molecule has 5 aliphatic heterocycles. The number of H-pyrrole nitrogens is 5. The third-order valence-corrected chi connectivity index (χ3v) is 24.0. The number of aromatic nitrogens is 10. The molecule has 0 spiro atoms.